The Labute approximate surface area is 68.2 Å². The molecule has 0 spiro atoms. The van der Waals surface area contributed by atoms with E-state index in [0.717, 1.165) is 0 Å². The molecular formula is C6H7ClN2O2. The van der Waals surface area contributed by atoms with E-state index in [1.165, 1.54) is 0 Å². The zero-order valence-corrected chi connectivity index (χ0v) is 6.64. The molecule has 0 bridgehead atoms. The molecule has 5 heteroatoms. The van der Waals surface area contributed by atoms with Crippen LogP contribution in [0.3, 0.4) is 0 Å². The van der Waals surface area contributed by atoms with Gasteiger partial charge < -0.3 is 5.11 Å². The van der Waals surface area contributed by atoms with Crippen LogP contribution in [0.4, 0.5) is 0 Å². The van der Waals surface area contributed by atoms with Crippen molar-refractivity contribution in [2.45, 2.75) is 13.3 Å². The van der Waals surface area contributed by atoms with Gasteiger partial charge in [-0.25, -0.2) is 0 Å². The lowest BCUT2D eigenvalue weighted by molar-refractivity contribution is -0.136. The van der Waals surface area contributed by atoms with Crippen LogP contribution >= 0.6 is 11.6 Å². The summed E-state index contributed by atoms with van der Waals surface area (Å²) in [7, 11) is 0. The number of aromatic nitrogens is 2. The van der Waals surface area contributed by atoms with Gasteiger partial charge in [0.25, 0.3) is 0 Å². The van der Waals surface area contributed by atoms with E-state index in [1.807, 2.05) is 0 Å². The predicted octanol–water partition coefficient (Wildman–Crippen LogP) is 0.999. The Morgan fingerprint density at radius 2 is 2.45 bits per heavy atom. The Bertz CT molecular complexity index is 282. The molecule has 1 aromatic rings. The van der Waals surface area contributed by atoms with Crippen molar-refractivity contribution in [2.24, 2.45) is 0 Å². The Morgan fingerprint density at radius 3 is 2.82 bits per heavy atom. The van der Waals surface area contributed by atoms with Crippen molar-refractivity contribution >= 4 is 17.6 Å². The second-order valence-corrected chi connectivity index (χ2v) is 2.55. The highest BCUT2D eigenvalue weighted by Gasteiger charge is 2.09. The van der Waals surface area contributed by atoms with E-state index in [-0.39, 0.29) is 6.42 Å². The fourth-order valence-corrected chi connectivity index (χ4v) is 0.888. The molecule has 1 heterocycles. The zero-order chi connectivity index (χ0) is 8.43. The minimum absolute atomic E-state index is 0.111. The normalized spacial score (nSPS) is 10.0. The van der Waals surface area contributed by atoms with Crippen LogP contribution in [0.15, 0.2) is 0 Å². The second kappa shape index (κ2) is 2.92. The van der Waals surface area contributed by atoms with E-state index in [9.17, 15) is 4.79 Å². The minimum Gasteiger partial charge on any atom is -0.481 e. The third kappa shape index (κ3) is 1.71. The van der Waals surface area contributed by atoms with E-state index >= 15 is 0 Å². The summed E-state index contributed by atoms with van der Waals surface area (Å²) < 4.78 is 0. The molecule has 4 nitrogen and oxygen atoms in total. The van der Waals surface area contributed by atoms with Crippen LogP contribution in [0.25, 0.3) is 0 Å². The van der Waals surface area contributed by atoms with Crippen molar-refractivity contribution in [3.8, 4) is 0 Å². The first-order valence-corrected chi connectivity index (χ1v) is 3.40. The Morgan fingerprint density at radius 1 is 1.82 bits per heavy atom. The van der Waals surface area contributed by atoms with Gasteiger partial charge in [-0.1, -0.05) is 11.6 Å². The van der Waals surface area contributed by atoms with Gasteiger partial charge in [0.2, 0.25) is 0 Å². The number of carboxylic acid groups (broad SMARTS) is 1. The quantitative estimate of drug-likeness (QED) is 0.703. The maximum atomic E-state index is 10.2. The number of carboxylic acids is 1. The van der Waals surface area contributed by atoms with Crippen LogP contribution in [0.1, 0.15) is 11.4 Å². The number of carbonyl (C=O) groups is 1. The summed E-state index contributed by atoms with van der Waals surface area (Å²) >= 11 is 5.70. The Balaban J connectivity index is 2.87. The van der Waals surface area contributed by atoms with Crippen molar-refractivity contribution in [3.63, 3.8) is 0 Å². The van der Waals surface area contributed by atoms with Gasteiger partial charge >= 0.3 is 5.97 Å². The summed E-state index contributed by atoms with van der Waals surface area (Å²) in [5.41, 5.74) is 1.08. The molecule has 0 aliphatic heterocycles. The molecule has 0 atom stereocenters. The smallest absolute Gasteiger partial charge is 0.309 e. The maximum Gasteiger partial charge on any atom is 0.309 e. The van der Waals surface area contributed by atoms with Crippen molar-refractivity contribution in [1.29, 1.82) is 0 Å². The highest BCUT2D eigenvalue weighted by Crippen LogP contribution is 2.17. The highest BCUT2D eigenvalue weighted by atomic mass is 35.5. The fraction of sp³-hybridized carbons (Fsp3) is 0.333. The number of H-pyrrole nitrogens is 1. The number of aromatic amines is 1. The number of halogens is 1. The van der Waals surface area contributed by atoms with Crippen LogP contribution in [0, 0.1) is 6.92 Å². The van der Waals surface area contributed by atoms with Crippen molar-refractivity contribution in [3.05, 3.63) is 16.4 Å². The van der Waals surface area contributed by atoms with Gasteiger partial charge in [0.15, 0.2) is 0 Å². The first-order chi connectivity index (χ1) is 5.11. The van der Waals surface area contributed by atoms with Gasteiger partial charge in [-0.15, -0.1) is 0 Å². The number of aliphatic carboxylic acids is 1. The molecule has 0 unspecified atom stereocenters. The summed E-state index contributed by atoms with van der Waals surface area (Å²) in [6, 6.07) is 0. The van der Waals surface area contributed by atoms with Gasteiger partial charge in [-0.2, -0.15) is 5.10 Å². The Kier molecular flexibility index (Phi) is 2.14. The third-order valence-corrected chi connectivity index (χ3v) is 1.77. The van der Waals surface area contributed by atoms with Crippen molar-refractivity contribution in [2.75, 3.05) is 0 Å². The monoisotopic (exact) mass is 174 g/mol. The van der Waals surface area contributed by atoms with Crippen molar-refractivity contribution < 1.29 is 9.90 Å². The SMILES string of the molecule is Cc1n[nH]c(CC(=O)O)c1Cl. The number of aryl methyl sites for hydroxylation is 1. The van der Waals surface area contributed by atoms with Crippen LogP contribution < -0.4 is 0 Å². The molecule has 1 rings (SSSR count). The van der Waals surface area contributed by atoms with Crippen LogP contribution in [-0.4, -0.2) is 21.3 Å². The number of hydrogen-bond acceptors (Lipinski definition) is 2. The molecule has 0 fully saturated rings. The minimum atomic E-state index is -0.921. The maximum absolute atomic E-state index is 10.2. The lowest BCUT2D eigenvalue weighted by atomic mass is 10.3. The van der Waals surface area contributed by atoms with Gasteiger partial charge in [0, 0.05) is 0 Å². The van der Waals surface area contributed by atoms with E-state index in [1.54, 1.807) is 6.92 Å². The molecule has 0 amide bonds. The van der Waals surface area contributed by atoms with E-state index in [2.05, 4.69) is 10.2 Å². The second-order valence-electron chi connectivity index (χ2n) is 2.17. The third-order valence-electron chi connectivity index (χ3n) is 1.27. The summed E-state index contributed by atoms with van der Waals surface area (Å²) in [5.74, 6) is -0.921. The fourth-order valence-electron chi connectivity index (χ4n) is 0.736. The largest absolute Gasteiger partial charge is 0.481 e. The molecule has 2 N–H and O–H groups in total. The van der Waals surface area contributed by atoms with Crippen LogP contribution in [0.2, 0.25) is 5.02 Å². The van der Waals surface area contributed by atoms with E-state index in [4.69, 9.17) is 16.7 Å². The molecule has 0 aliphatic carbocycles. The lowest BCUT2D eigenvalue weighted by Gasteiger charge is -1.90. The average Bonchev–Trinajstić information content (AvgIpc) is 2.18. The standard InChI is InChI=1S/C6H7ClN2O2/c1-3-6(7)4(9-8-3)2-5(10)11/h2H2,1H3,(H,8,9)(H,10,11). The van der Waals surface area contributed by atoms with E-state index < -0.39 is 5.97 Å². The Hall–Kier alpha value is -1.03. The molecule has 1 aromatic heterocycles. The van der Waals surface area contributed by atoms with Gasteiger partial charge in [-0.3, -0.25) is 9.89 Å². The van der Waals surface area contributed by atoms with Gasteiger partial charge in [0.05, 0.1) is 22.8 Å². The molecular weight excluding hydrogens is 168 g/mol. The summed E-state index contributed by atoms with van der Waals surface area (Å²) in [4.78, 5) is 10.2. The first-order valence-electron chi connectivity index (χ1n) is 3.02. The molecule has 60 valence electrons. The average molecular weight is 175 g/mol. The molecule has 0 saturated carbocycles. The van der Waals surface area contributed by atoms with Crippen LogP contribution in [0.5, 0.6) is 0 Å². The van der Waals surface area contributed by atoms with E-state index in [0.29, 0.717) is 16.4 Å². The molecule has 0 saturated heterocycles. The van der Waals surface area contributed by atoms with Crippen LogP contribution in [-0.2, 0) is 11.2 Å². The number of hydrogen-bond donors (Lipinski definition) is 2. The zero-order valence-electron chi connectivity index (χ0n) is 5.89. The molecule has 0 aliphatic rings. The first kappa shape index (κ1) is 8.07. The van der Waals surface area contributed by atoms with Crippen molar-refractivity contribution in [1.82, 2.24) is 10.2 Å². The topological polar surface area (TPSA) is 66.0 Å². The summed E-state index contributed by atoms with van der Waals surface area (Å²) in [6.45, 7) is 1.71. The lowest BCUT2D eigenvalue weighted by Crippen LogP contribution is -2.00. The molecule has 11 heavy (non-hydrogen) atoms. The summed E-state index contributed by atoms with van der Waals surface area (Å²) in [5, 5.41) is 15.1. The predicted molar refractivity (Wildman–Crippen MR) is 39.7 cm³/mol. The number of rotatable bonds is 2. The van der Waals surface area contributed by atoms with Gasteiger partial charge in [0.1, 0.15) is 0 Å². The van der Waals surface area contributed by atoms with Gasteiger partial charge in [-0.05, 0) is 6.92 Å². The molecule has 0 aromatic carbocycles. The highest BCUT2D eigenvalue weighted by molar-refractivity contribution is 6.32. The molecule has 0 radical (unpaired) electrons. The summed E-state index contributed by atoms with van der Waals surface area (Å²) in [6.07, 6.45) is -0.111. The number of nitrogens with one attached hydrogen (secondary N) is 1. The number of nitrogens with zero attached hydrogens (tertiary/aromatic N) is 1.